The number of carbonyl (C=O) groups is 1. The third-order valence-corrected chi connectivity index (χ3v) is 6.05. The van der Waals surface area contributed by atoms with Gasteiger partial charge in [0.05, 0.1) is 28.7 Å². The lowest BCUT2D eigenvalue weighted by Gasteiger charge is -2.17. The van der Waals surface area contributed by atoms with Gasteiger partial charge < -0.3 is 9.88 Å². The van der Waals surface area contributed by atoms with Gasteiger partial charge in [-0.2, -0.15) is 0 Å². The van der Waals surface area contributed by atoms with E-state index in [2.05, 4.69) is 15.0 Å². The zero-order valence-corrected chi connectivity index (χ0v) is 17.3. The van der Waals surface area contributed by atoms with E-state index in [1.165, 1.54) is 0 Å². The molecule has 0 atom stereocenters. The van der Waals surface area contributed by atoms with Crippen LogP contribution < -0.4 is 5.56 Å². The molecule has 0 spiro atoms. The number of fused-ring (bicyclic) bond motifs is 1. The van der Waals surface area contributed by atoms with E-state index >= 15 is 0 Å². The lowest BCUT2D eigenvalue weighted by atomic mass is 10.2. The van der Waals surface area contributed by atoms with Gasteiger partial charge >= 0.3 is 0 Å². The predicted octanol–water partition coefficient (Wildman–Crippen LogP) is 3.94. The van der Waals surface area contributed by atoms with Crippen LogP contribution in [0, 0.1) is 0 Å². The van der Waals surface area contributed by atoms with Gasteiger partial charge in [-0.25, -0.2) is 9.97 Å². The number of nitrogens with one attached hydrogen (secondary N) is 1. The van der Waals surface area contributed by atoms with Crippen molar-refractivity contribution in [2.45, 2.75) is 17.2 Å². The summed E-state index contributed by atoms with van der Waals surface area (Å²) in [4.78, 5) is 39.1. The topological polar surface area (TPSA) is 79.0 Å². The van der Waals surface area contributed by atoms with Crippen molar-refractivity contribution in [1.29, 1.82) is 0 Å². The van der Waals surface area contributed by atoms with Crippen LogP contribution in [0.1, 0.15) is 21.9 Å². The fourth-order valence-electron chi connectivity index (χ4n) is 2.89. The molecule has 0 fully saturated rings. The molecule has 29 heavy (non-hydrogen) atoms. The summed E-state index contributed by atoms with van der Waals surface area (Å²) in [7, 11) is 1.70. The fourth-order valence-corrected chi connectivity index (χ4v) is 4.35. The molecule has 1 N–H and O–H groups in total. The van der Waals surface area contributed by atoms with Crippen LogP contribution in [0.3, 0.4) is 0 Å². The van der Waals surface area contributed by atoms with Crippen LogP contribution in [0.25, 0.3) is 10.9 Å². The molecule has 0 aliphatic heterocycles. The van der Waals surface area contributed by atoms with Crippen LogP contribution >= 0.6 is 23.1 Å². The number of para-hydroxylation sites is 1. The number of carbonyl (C=O) groups excluding carboxylic acids is 1. The van der Waals surface area contributed by atoms with E-state index in [1.54, 1.807) is 53.2 Å². The third-order valence-electron chi connectivity index (χ3n) is 4.37. The fraction of sp³-hybridized carbons (Fsp3) is 0.143. The van der Waals surface area contributed by atoms with Crippen LogP contribution in [0.4, 0.5) is 0 Å². The van der Waals surface area contributed by atoms with Crippen LogP contribution in [-0.2, 0) is 12.3 Å². The van der Waals surface area contributed by atoms with Gasteiger partial charge in [0.2, 0.25) is 0 Å². The Bertz CT molecular complexity index is 1190. The number of aromatic amines is 1. The number of H-pyrrole nitrogens is 1. The van der Waals surface area contributed by atoms with Crippen LogP contribution in [0.5, 0.6) is 0 Å². The quantitative estimate of drug-likeness (QED) is 0.476. The molecular formula is C21H18N4O2S2. The first-order valence-corrected chi connectivity index (χ1v) is 10.9. The van der Waals surface area contributed by atoms with Crippen LogP contribution in [0.2, 0.25) is 0 Å². The molecule has 0 aliphatic carbocycles. The van der Waals surface area contributed by atoms with Crippen molar-refractivity contribution < 1.29 is 4.79 Å². The first-order valence-electron chi connectivity index (χ1n) is 8.93. The number of hydrogen-bond donors (Lipinski definition) is 1. The van der Waals surface area contributed by atoms with Crippen molar-refractivity contribution in [1.82, 2.24) is 19.9 Å². The number of benzene rings is 2. The molecule has 6 nitrogen and oxygen atoms in total. The molecule has 4 rings (SSSR count). The maximum absolute atomic E-state index is 12.7. The minimum atomic E-state index is -0.201. The molecule has 0 unspecified atom stereocenters. The van der Waals surface area contributed by atoms with E-state index in [-0.39, 0.29) is 18.0 Å². The third kappa shape index (κ3) is 4.55. The molecular weight excluding hydrogens is 404 g/mol. The number of rotatable bonds is 6. The van der Waals surface area contributed by atoms with E-state index in [4.69, 9.17) is 0 Å². The highest BCUT2D eigenvalue weighted by Gasteiger charge is 2.14. The lowest BCUT2D eigenvalue weighted by Crippen LogP contribution is -2.28. The molecule has 0 saturated carbocycles. The van der Waals surface area contributed by atoms with Crippen molar-refractivity contribution in [3.8, 4) is 0 Å². The highest BCUT2D eigenvalue weighted by atomic mass is 32.2. The minimum absolute atomic E-state index is 0.128. The summed E-state index contributed by atoms with van der Waals surface area (Å²) < 4.78 is 0. The second-order valence-corrected chi connectivity index (χ2v) is 8.25. The summed E-state index contributed by atoms with van der Waals surface area (Å²) in [5.74, 6) is 1.13. The van der Waals surface area contributed by atoms with E-state index in [1.807, 2.05) is 41.2 Å². The molecule has 2 heterocycles. The molecule has 146 valence electrons. The van der Waals surface area contributed by atoms with E-state index in [0.717, 1.165) is 16.3 Å². The summed E-state index contributed by atoms with van der Waals surface area (Å²) >= 11 is 3.27. The maximum atomic E-state index is 12.7. The van der Waals surface area contributed by atoms with Crippen molar-refractivity contribution in [3.05, 3.63) is 86.9 Å². The van der Waals surface area contributed by atoms with Gasteiger partial charge in [-0.05, 0) is 36.4 Å². The Labute approximate surface area is 175 Å². The number of thiazole rings is 1. The normalized spacial score (nSPS) is 10.9. The predicted molar refractivity (Wildman–Crippen MR) is 116 cm³/mol. The smallest absolute Gasteiger partial charge is 0.258 e. The van der Waals surface area contributed by atoms with Crippen molar-refractivity contribution in [2.24, 2.45) is 0 Å². The molecule has 0 bridgehead atoms. The molecule has 8 heteroatoms. The summed E-state index contributed by atoms with van der Waals surface area (Å²) in [6, 6.07) is 14.7. The average Bonchev–Trinajstić information content (AvgIpc) is 3.26. The highest BCUT2D eigenvalue weighted by Crippen LogP contribution is 2.23. The zero-order valence-electron chi connectivity index (χ0n) is 15.7. The maximum Gasteiger partial charge on any atom is 0.258 e. The Morgan fingerprint density at radius 2 is 1.97 bits per heavy atom. The van der Waals surface area contributed by atoms with Crippen molar-refractivity contribution in [2.75, 3.05) is 7.05 Å². The summed E-state index contributed by atoms with van der Waals surface area (Å²) in [5, 5.41) is 2.57. The SMILES string of the molecule is CN(Cc1nc2ccccc2c(=O)[nH]1)C(=O)c1ccc(SCc2cscn2)cc1. The zero-order chi connectivity index (χ0) is 20.2. The van der Waals surface area contributed by atoms with Crippen molar-refractivity contribution in [3.63, 3.8) is 0 Å². The first kappa shape index (κ1) is 19.4. The highest BCUT2D eigenvalue weighted by molar-refractivity contribution is 7.98. The average molecular weight is 423 g/mol. The number of amides is 1. The van der Waals surface area contributed by atoms with Crippen LogP contribution in [-0.4, -0.2) is 32.8 Å². The van der Waals surface area contributed by atoms with Crippen LogP contribution in [0.15, 0.2) is 69.1 Å². The molecule has 0 saturated heterocycles. The Kier molecular flexibility index (Phi) is 5.73. The van der Waals surface area contributed by atoms with Gasteiger partial charge in [0.15, 0.2) is 0 Å². The number of thioether (sulfide) groups is 1. The van der Waals surface area contributed by atoms with Gasteiger partial charge in [0.25, 0.3) is 11.5 Å². The van der Waals surface area contributed by atoms with Gasteiger partial charge in [-0.3, -0.25) is 9.59 Å². The number of hydrogen-bond acceptors (Lipinski definition) is 6. The molecule has 2 aromatic heterocycles. The van der Waals surface area contributed by atoms with Gasteiger partial charge in [0.1, 0.15) is 5.82 Å². The largest absolute Gasteiger partial charge is 0.334 e. The number of nitrogens with zero attached hydrogens (tertiary/aromatic N) is 3. The molecule has 0 radical (unpaired) electrons. The van der Waals surface area contributed by atoms with Crippen molar-refractivity contribution >= 4 is 39.9 Å². The molecule has 2 aromatic carbocycles. The van der Waals surface area contributed by atoms with Gasteiger partial charge in [0, 0.05) is 28.6 Å². The second kappa shape index (κ2) is 8.59. The van der Waals surface area contributed by atoms with Gasteiger partial charge in [-0.15, -0.1) is 23.1 Å². The molecule has 0 aliphatic rings. The Balaban J connectivity index is 1.43. The summed E-state index contributed by atoms with van der Waals surface area (Å²) in [5.41, 5.74) is 3.89. The molecule has 4 aromatic rings. The van der Waals surface area contributed by atoms with Gasteiger partial charge in [-0.1, -0.05) is 12.1 Å². The Hall–Kier alpha value is -2.97. The van der Waals surface area contributed by atoms with E-state index in [9.17, 15) is 9.59 Å². The Morgan fingerprint density at radius 1 is 1.17 bits per heavy atom. The lowest BCUT2D eigenvalue weighted by molar-refractivity contribution is 0.0781. The van der Waals surface area contributed by atoms with E-state index < -0.39 is 0 Å². The standard InChI is InChI=1S/C21H18N4O2S2/c1-25(10-19-23-18-5-3-2-4-17(18)20(26)24-19)21(27)14-6-8-16(9-7-14)29-12-15-11-28-13-22-15/h2-9,11,13H,10,12H2,1H3,(H,23,24,26). The first-order chi connectivity index (χ1) is 14.1. The monoisotopic (exact) mass is 422 g/mol. The summed E-state index contributed by atoms with van der Waals surface area (Å²) in [6.07, 6.45) is 0. The van der Waals surface area contributed by atoms with E-state index in [0.29, 0.717) is 22.3 Å². The summed E-state index contributed by atoms with van der Waals surface area (Å²) in [6.45, 7) is 0.221. The second-order valence-electron chi connectivity index (χ2n) is 6.48. The minimum Gasteiger partial charge on any atom is -0.334 e. The number of aromatic nitrogens is 3. The molecule has 1 amide bonds. The Morgan fingerprint density at radius 3 is 2.72 bits per heavy atom.